The molecular weight excluding hydrogens is 234 g/mol. The van der Waals surface area contributed by atoms with Crippen LogP contribution in [0, 0.1) is 0 Å². The second-order valence-corrected chi connectivity index (χ2v) is 4.34. The van der Waals surface area contributed by atoms with E-state index in [0.29, 0.717) is 31.9 Å². The number of amides is 2. The molecule has 3 N–H and O–H groups in total. The Balaban J connectivity index is 1.93. The van der Waals surface area contributed by atoms with Gasteiger partial charge < -0.3 is 15.2 Å². The maximum Gasteiger partial charge on any atom is 0.320 e. The third kappa shape index (κ3) is 3.18. The standard InChI is InChI=1S/C12H17N3O3/c16-9-12(4-7-18-8-5-12)15-11(17)14-10-3-1-2-6-13-10/h1-3,6,16H,4-5,7-9H2,(H2,13,14,15,17). The Labute approximate surface area is 105 Å². The van der Waals surface area contributed by atoms with Crippen molar-refractivity contribution < 1.29 is 14.6 Å². The first-order valence-corrected chi connectivity index (χ1v) is 5.93. The molecule has 0 spiro atoms. The Kier molecular flexibility index (Phi) is 4.11. The van der Waals surface area contributed by atoms with E-state index >= 15 is 0 Å². The molecule has 98 valence electrons. The predicted molar refractivity (Wildman–Crippen MR) is 66.3 cm³/mol. The van der Waals surface area contributed by atoms with Gasteiger partial charge in [-0.2, -0.15) is 0 Å². The number of hydrogen-bond donors (Lipinski definition) is 3. The highest BCUT2D eigenvalue weighted by molar-refractivity contribution is 5.88. The Bertz CT molecular complexity index is 391. The molecule has 0 aliphatic carbocycles. The molecule has 0 saturated carbocycles. The number of carbonyl (C=O) groups is 1. The molecule has 1 saturated heterocycles. The summed E-state index contributed by atoms with van der Waals surface area (Å²) < 4.78 is 5.23. The first kappa shape index (κ1) is 12.8. The van der Waals surface area contributed by atoms with E-state index in [1.165, 1.54) is 0 Å². The summed E-state index contributed by atoms with van der Waals surface area (Å²) in [5.41, 5.74) is -0.586. The number of nitrogens with one attached hydrogen (secondary N) is 2. The molecule has 1 aliphatic heterocycles. The van der Waals surface area contributed by atoms with Gasteiger partial charge in [0, 0.05) is 19.4 Å². The van der Waals surface area contributed by atoms with Crippen molar-refractivity contribution in [3.05, 3.63) is 24.4 Å². The summed E-state index contributed by atoms with van der Waals surface area (Å²) in [6.07, 6.45) is 2.82. The average molecular weight is 251 g/mol. The molecule has 1 aromatic heterocycles. The lowest BCUT2D eigenvalue weighted by molar-refractivity contribution is 0.0179. The lowest BCUT2D eigenvalue weighted by Crippen LogP contribution is -2.55. The third-order valence-corrected chi connectivity index (χ3v) is 3.04. The number of rotatable bonds is 3. The van der Waals surface area contributed by atoms with Crippen molar-refractivity contribution in [2.45, 2.75) is 18.4 Å². The van der Waals surface area contributed by atoms with E-state index in [1.807, 2.05) is 0 Å². The van der Waals surface area contributed by atoms with Gasteiger partial charge in [-0.3, -0.25) is 5.32 Å². The molecule has 2 heterocycles. The molecule has 6 heteroatoms. The minimum Gasteiger partial charge on any atom is -0.394 e. The van der Waals surface area contributed by atoms with Gasteiger partial charge in [-0.05, 0) is 25.0 Å². The SMILES string of the molecule is O=C(Nc1ccccn1)NC1(CO)CCOCC1. The van der Waals surface area contributed by atoms with Crippen molar-refractivity contribution in [2.24, 2.45) is 0 Å². The fraction of sp³-hybridized carbons (Fsp3) is 0.500. The summed E-state index contributed by atoms with van der Waals surface area (Å²) in [5.74, 6) is 0.482. The van der Waals surface area contributed by atoms with Gasteiger partial charge in [-0.25, -0.2) is 9.78 Å². The van der Waals surface area contributed by atoms with Crippen LogP contribution < -0.4 is 10.6 Å². The number of aliphatic hydroxyl groups is 1. The topological polar surface area (TPSA) is 83.5 Å². The van der Waals surface area contributed by atoms with Crippen molar-refractivity contribution >= 4 is 11.8 Å². The van der Waals surface area contributed by atoms with Gasteiger partial charge in [0.1, 0.15) is 5.82 Å². The Hall–Kier alpha value is -1.66. The van der Waals surface area contributed by atoms with Crippen LogP contribution in [0.3, 0.4) is 0 Å². The van der Waals surface area contributed by atoms with Gasteiger partial charge in [-0.15, -0.1) is 0 Å². The Morgan fingerprint density at radius 1 is 1.44 bits per heavy atom. The summed E-state index contributed by atoms with van der Waals surface area (Å²) >= 11 is 0. The zero-order valence-electron chi connectivity index (χ0n) is 10.1. The third-order valence-electron chi connectivity index (χ3n) is 3.04. The van der Waals surface area contributed by atoms with Crippen LogP contribution in [0.15, 0.2) is 24.4 Å². The molecule has 18 heavy (non-hydrogen) atoms. The molecule has 2 amide bonds. The van der Waals surface area contributed by atoms with Crippen LogP contribution in [0.2, 0.25) is 0 Å². The van der Waals surface area contributed by atoms with Crippen molar-refractivity contribution in [2.75, 3.05) is 25.1 Å². The van der Waals surface area contributed by atoms with Crippen molar-refractivity contribution in [1.29, 1.82) is 0 Å². The molecule has 2 rings (SSSR count). The second-order valence-electron chi connectivity index (χ2n) is 4.34. The number of hydrogen-bond acceptors (Lipinski definition) is 4. The number of pyridine rings is 1. The van der Waals surface area contributed by atoms with Crippen molar-refractivity contribution in [3.63, 3.8) is 0 Å². The zero-order valence-corrected chi connectivity index (χ0v) is 10.1. The summed E-state index contributed by atoms with van der Waals surface area (Å²) in [7, 11) is 0. The molecule has 0 bridgehead atoms. The van der Waals surface area contributed by atoms with Gasteiger partial charge >= 0.3 is 6.03 Å². The molecule has 1 aliphatic rings. The lowest BCUT2D eigenvalue weighted by Gasteiger charge is -2.36. The molecule has 0 atom stereocenters. The minimum atomic E-state index is -0.586. The Morgan fingerprint density at radius 3 is 2.83 bits per heavy atom. The first-order valence-electron chi connectivity index (χ1n) is 5.93. The molecule has 0 aromatic carbocycles. The van der Waals surface area contributed by atoms with Gasteiger partial charge in [0.05, 0.1) is 12.1 Å². The number of urea groups is 1. The largest absolute Gasteiger partial charge is 0.394 e. The van der Waals surface area contributed by atoms with E-state index in [4.69, 9.17) is 4.74 Å². The monoisotopic (exact) mass is 251 g/mol. The average Bonchev–Trinajstić information content (AvgIpc) is 2.41. The van der Waals surface area contributed by atoms with Crippen LogP contribution >= 0.6 is 0 Å². The number of aliphatic hydroxyl groups excluding tert-OH is 1. The number of nitrogens with zero attached hydrogens (tertiary/aromatic N) is 1. The smallest absolute Gasteiger partial charge is 0.320 e. The van der Waals surface area contributed by atoms with E-state index in [1.54, 1.807) is 24.4 Å². The molecule has 6 nitrogen and oxygen atoms in total. The first-order chi connectivity index (χ1) is 8.74. The van der Waals surface area contributed by atoms with E-state index < -0.39 is 5.54 Å². The van der Waals surface area contributed by atoms with Crippen LogP contribution in [-0.4, -0.2) is 41.5 Å². The lowest BCUT2D eigenvalue weighted by atomic mass is 9.91. The predicted octanol–water partition coefficient (Wildman–Crippen LogP) is 0.745. The normalized spacial score (nSPS) is 18.1. The van der Waals surface area contributed by atoms with Crippen LogP contribution in [0.25, 0.3) is 0 Å². The molecule has 0 unspecified atom stereocenters. The van der Waals surface area contributed by atoms with E-state index in [-0.39, 0.29) is 12.6 Å². The maximum atomic E-state index is 11.8. The number of anilines is 1. The van der Waals surface area contributed by atoms with E-state index in [9.17, 15) is 9.90 Å². The number of aromatic nitrogens is 1. The highest BCUT2D eigenvalue weighted by Crippen LogP contribution is 2.20. The molecular formula is C12H17N3O3. The van der Waals surface area contributed by atoms with Crippen LogP contribution in [0.4, 0.5) is 10.6 Å². The van der Waals surface area contributed by atoms with Gasteiger partial charge in [-0.1, -0.05) is 6.07 Å². The zero-order chi connectivity index (χ0) is 12.8. The van der Waals surface area contributed by atoms with Crippen LogP contribution in [-0.2, 0) is 4.74 Å². The van der Waals surface area contributed by atoms with Crippen molar-refractivity contribution in [1.82, 2.24) is 10.3 Å². The van der Waals surface area contributed by atoms with E-state index in [0.717, 1.165) is 0 Å². The quantitative estimate of drug-likeness (QED) is 0.740. The summed E-state index contributed by atoms with van der Waals surface area (Å²) in [4.78, 5) is 15.8. The van der Waals surface area contributed by atoms with Gasteiger partial charge in [0.2, 0.25) is 0 Å². The fourth-order valence-corrected chi connectivity index (χ4v) is 1.91. The summed E-state index contributed by atoms with van der Waals surface area (Å²) in [5, 5.41) is 14.9. The number of ether oxygens (including phenoxy) is 1. The van der Waals surface area contributed by atoms with Gasteiger partial charge in [0.25, 0.3) is 0 Å². The Morgan fingerprint density at radius 2 is 2.22 bits per heavy atom. The maximum absolute atomic E-state index is 11.8. The highest BCUT2D eigenvalue weighted by atomic mass is 16.5. The van der Waals surface area contributed by atoms with Crippen LogP contribution in [0.5, 0.6) is 0 Å². The summed E-state index contributed by atoms with van der Waals surface area (Å²) in [6.45, 7) is 1.00. The highest BCUT2D eigenvalue weighted by Gasteiger charge is 2.33. The summed E-state index contributed by atoms with van der Waals surface area (Å²) in [6, 6.07) is 4.91. The van der Waals surface area contributed by atoms with E-state index in [2.05, 4.69) is 15.6 Å². The molecule has 1 aromatic rings. The molecule has 0 radical (unpaired) electrons. The van der Waals surface area contributed by atoms with Gasteiger partial charge in [0.15, 0.2) is 0 Å². The number of carbonyl (C=O) groups excluding carboxylic acids is 1. The molecule has 1 fully saturated rings. The minimum absolute atomic E-state index is 0.0913. The van der Waals surface area contributed by atoms with Crippen molar-refractivity contribution in [3.8, 4) is 0 Å². The fourth-order valence-electron chi connectivity index (χ4n) is 1.91. The van der Waals surface area contributed by atoms with Crippen LogP contribution in [0.1, 0.15) is 12.8 Å². The second kappa shape index (κ2) is 5.79.